The predicted molar refractivity (Wildman–Crippen MR) is 100 cm³/mol. The molecule has 0 aromatic heterocycles. The van der Waals surface area contributed by atoms with Crippen molar-refractivity contribution in [2.75, 3.05) is 19.6 Å². The fraction of sp³-hybridized carbons (Fsp3) is 0.579. The Bertz CT molecular complexity index is 596. The molecule has 1 aromatic rings. The second kappa shape index (κ2) is 8.68. The molecule has 1 aromatic carbocycles. The van der Waals surface area contributed by atoms with E-state index in [0.717, 1.165) is 31.4 Å². The van der Waals surface area contributed by atoms with Crippen molar-refractivity contribution in [3.05, 3.63) is 35.9 Å². The van der Waals surface area contributed by atoms with E-state index in [9.17, 15) is 9.59 Å². The molecular weight excluding hydrogens is 338 g/mol. The van der Waals surface area contributed by atoms with Crippen molar-refractivity contribution < 1.29 is 9.59 Å². The lowest BCUT2D eigenvalue weighted by Crippen LogP contribution is -2.49. The molecule has 3 atom stereocenters. The van der Waals surface area contributed by atoms with E-state index >= 15 is 0 Å². The maximum absolute atomic E-state index is 13.0. The van der Waals surface area contributed by atoms with Gasteiger partial charge in [0.1, 0.15) is 6.04 Å². The molecule has 0 aliphatic carbocycles. The van der Waals surface area contributed by atoms with E-state index in [2.05, 4.69) is 6.92 Å². The highest BCUT2D eigenvalue weighted by molar-refractivity contribution is 5.89. The Morgan fingerprint density at radius 2 is 1.92 bits per heavy atom. The number of benzene rings is 1. The number of halogens is 1. The van der Waals surface area contributed by atoms with Crippen LogP contribution in [0.4, 0.5) is 0 Å². The topological polar surface area (TPSA) is 66.6 Å². The molecule has 2 heterocycles. The summed E-state index contributed by atoms with van der Waals surface area (Å²) in [5.74, 6) is 0.551. The third-order valence-electron chi connectivity index (χ3n) is 5.33. The first kappa shape index (κ1) is 19.7. The maximum atomic E-state index is 13.0. The molecule has 0 saturated carbocycles. The van der Waals surface area contributed by atoms with Gasteiger partial charge in [-0.05, 0) is 44.2 Å². The summed E-state index contributed by atoms with van der Waals surface area (Å²) in [6, 6.07) is 9.66. The predicted octanol–water partition coefficient (Wildman–Crippen LogP) is 1.84. The second-order valence-corrected chi connectivity index (χ2v) is 7.08. The van der Waals surface area contributed by atoms with Gasteiger partial charge in [0.25, 0.3) is 0 Å². The van der Waals surface area contributed by atoms with E-state index in [4.69, 9.17) is 5.73 Å². The molecule has 138 valence electrons. The van der Waals surface area contributed by atoms with Crippen LogP contribution in [0, 0.1) is 5.92 Å². The van der Waals surface area contributed by atoms with E-state index < -0.39 is 0 Å². The van der Waals surface area contributed by atoms with E-state index in [1.807, 2.05) is 35.2 Å². The molecule has 0 radical (unpaired) electrons. The van der Waals surface area contributed by atoms with Gasteiger partial charge in [0.15, 0.2) is 0 Å². The number of amides is 2. The Hall–Kier alpha value is -1.59. The zero-order valence-electron chi connectivity index (χ0n) is 14.8. The van der Waals surface area contributed by atoms with Crippen molar-refractivity contribution in [2.24, 2.45) is 11.7 Å². The average Bonchev–Trinajstić information content (AvgIpc) is 3.21. The van der Waals surface area contributed by atoms with Crippen molar-refractivity contribution in [3.8, 4) is 0 Å². The SMILES string of the molecule is CC1CC(CN)CN1C(=O)C1CCCN1C(=O)Cc1ccccc1.Cl. The van der Waals surface area contributed by atoms with Gasteiger partial charge >= 0.3 is 0 Å². The normalized spacial score (nSPS) is 25.8. The Morgan fingerprint density at radius 1 is 1.20 bits per heavy atom. The summed E-state index contributed by atoms with van der Waals surface area (Å²) in [5, 5.41) is 0. The van der Waals surface area contributed by atoms with Crippen molar-refractivity contribution in [1.29, 1.82) is 0 Å². The van der Waals surface area contributed by atoms with E-state index in [-0.39, 0.29) is 36.3 Å². The van der Waals surface area contributed by atoms with Gasteiger partial charge in [0.05, 0.1) is 6.42 Å². The minimum absolute atomic E-state index is 0. The van der Waals surface area contributed by atoms with Crippen LogP contribution in [-0.2, 0) is 16.0 Å². The molecule has 2 saturated heterocycles. The van der Waals surface area contributed by atoms with Crippen LogP contribution in [0.25, 0.3) is 0 Å². The van der Waals surface area contributed by atoms with Crippen LogP contribution >= 0.6 is 12.4 Å². The van der Waals surface area contributed by atoms with Gasteiger partial charge in [-0.2, -0.15) is 0 Å². The number of rotatable bonds is 4. The highest BCUT2D eigenvalue weighted by atomic mass is 35.5. The van der Waals surface area contributed by atoms with E-state index in [0.29, 0.717) is 25.4 Å². The number of hydrogen-bond acceptors (Lipinski definition) is 3. The fourth-order valence-electron chi connectivity index (χ4n) is 4.01. The van der Waals surface area contributed by atoms with Gasteiger partial charge < -0.3 is 15.5 Å². The van der Waals surface area contributed by atoms with Crippen LogP contribution < -0.4 is 5.73 Å². The molecule has 5 nitrogen and oxygen atoms in total. The number of likely N-dealkylation sites (tertiary alicyclic amines) is 2. The number of carbonyl (C=O) groups excluding carboxylic acids is 2. The van der Waals surface area contributed by atoms with Gasteiger partial charge in [0.2, 0.25) is 11.8 Å². The van der Waals surface area contributed by atoms with Gasteiger partial charge in [0, 0.05) is 19.1 Å². The van der Waals surface area contributed by atoms with Gasteiger partial charge in [-0.3, -0.25) is 9.59 Å². The summed E-state index contributed by atoms with van der Waals surface area (Å²) in [7, 11) is 0. The van der Waals surface area contributed by atoms with Crippen LogP contribution in [0.2, 0.25) is 0 Å². The standard InChI is InChI=1S/C19H27N3O2.ClH/c1-14-10-16(12-20)13-22(14)19(24)17-8-5-9-21(17)18(23)11-15-6-3-2-4-7-15;/h2-4,6-7,14,16-17H,5,8-13,20H2,1H3;1H. The van der Waals surface area contributed by atoms with Crippen LogP contribution in [-0.4, -0.2) is 53.3 Å². The fourth-order valence-corrected chi connectivity index (χ4v) is 4.01. The Morgan fingerprint density at radius 3 is 2.56 bits per heavy atom. The largest absolute Gasteiger partial charge is 0.338 e. The summed E-state index contributed by atoms with van der Waals surface area (Å²) < 4.78 is 0. The first-order valence-corrected chi connectivity index (χ1v) is 8.94. The summed E-state index contributed by atoms with van der Waals surface area (Å²) >= 11 is 0. The Kier molecular flexibility index (Phi) is 6.85. The smallest absolute Gasteiger partial charge is 0.245 e. The van der Waals surface area contributed by atoms with Crippen LogP contribution in [0.15, 0.2) is 30.3 Å². The van der Waals surface area contributed by atoms with Crippen LogP contribution in [0.3, 0.4) is 0 Å². The lowest BCUT2D eigenvalue weighted by atomic mass is 10.1. The molecule has 0 spiro atoms. The molecule has 25 heavy (non-hydrogen) atoms. The van der Waals surface area contributed by atoms with E-state index in [1.54, 1.807) is 4.90 Å². The lowest BCUT2D eigenvalue weighted by molar-refractivity contribution is -0.144. The lowest BCUT2D eigenvalue weighted by Gasteiger charge is -2.30. The first-order valence-electron chi connectivity index (χ1n) is 8.94. The van der Waals surface area contributed by atoms with Crippen LogP contribution in [0.1, 0.15) is 31.7 Å². The van der Waals surface area contributed by atoms with E-state index in [1.165, 1.54) is 0 Å². The zero-order chi connectivity index (χ0) is 17.1. The number of nitrogens with two attached hydrogens (primary N) is 1. The number of hydrogen-bond donors (Lipinski definition) is 1. The quantitative estimate of drug-likeness (QED) is 0.885. The zero-order valence-corrected chi connectivity index (χ0v) is 15.6. The molecule has 2 N–H and O–H groups in total. The molecule has 2 aliphatic heterocycles. The summed E-state index contributed by atoms with van der Waals surface area (Å²) in [5.41, 5.74) is 6.77. The van der Waals surface area contributed by atoms with Gasteiger partial charge in [-0.25, -0.2) is 0 Å². The highest BCUT2D eigenvalue weighted by Gasteiger charge is 2.40. The van der Waals surface area contributed by atoms with Crippen molar-refractivity contribution >= 4 is 24.2 Å². The van der Waals surface area contributed by atoms with Crippen molar-refractivity contribution in [1.82, 2.24) is 9.80 Å². The highest BCUT2D eigenvalue weighted by Crippen LogP contribution is 2.27. The maximum Gasteiger partial charge on any atom is 0.245 e. The summed E-state index contributed by atoms with van der Waals surface area (Å²) in [6.07, 6.45) is 3.01. The second-order valence-electron chi connectivity index (χ2n) is 7.08. The number of carbonyl (C=O) groups is 2. The van der Waals surface area contributed by atoms with Crippen LogP contribution in [0.5, 0.6) is 0 Å². The molecule has 2 fully saturated rings. The molecule has 3 rings (SSSR count). The molecule has 6 heteroatoms. The minimum Gasteiger partial charge on any atom is -0.338 e. The molecule has 3 unspecified atom stereocenters. The Balaban J connectivity index is 0.00000225. The Labute approximate surface area is 155 Å². The van der Waals surface area contributed by atoms with Gasteiger partial charge in [-0.1, -0.05) is 30.3 Å². The average molecular weight is 366 g/mol. The summed E-state index contributed by atoms with van der Waals surface area (Å²) in [4.78, 5) is 29.4. The monoisotopic (exact) mass is 365 g/mol. The molecule has 2 aliphatic rings. The van der Waals surface area contributed by atoms with Crippen molar-refractivity contribution in [3.63, 3.8) is 0 Å². The molecule has 0 bridgehead atoms. The minimum atomic E-state index is -0.291. The third-order valence-corrected chi connectivity index (χ3v) is 5.33. The first-order chi connectivity index (χ1) is 11.6. The van der Waals surface area contributed by atoms with Gasteiger partial charge in [-0.15, -0.1) is 12.4 Å². The number of nitrogens with zero attached hydrogens (tertiary/aromatic N) is 2. The molecular formula is C19H28ClN3O2. The van der Waals surface area contributed by atoms with Crippen molar-refractivity contribution in [2.45, 2.75) is 44.7 Å². The third kappa shape index (κ3) is 4.33. The summed E-state index contributed by atoms with van der Waals surface area (Å²) in [6.45, 7) is 4.12. The molecule has 2 amide bonds.